The molecule has 1 aliphatic rings. The van der Waals surface area contributed by atoms with E-state index in [1.165, 1.54) is 0 Å². The lowest BCUT2D eigenvalue weighted by Crippen LogP contribution is -2.28. The van der Waals surface area contributed by atoms with Crippen molar-refractivity contribution >= 4 is 6.29 Å². The number of pyridine rings is 1. The molecule has 0 bridgehead atoms. The predicted octanol–water partition coefficient (Wildman–Crippen LogP) is 0.796. The van der Waals surface area contributed by atoms with Gasteiger partial charge in [0.05, 0.1) is 12.2 Å². The molecule has 4 nitrogen and oxygen atoms in total. The molecule has 0 fully saturated rings. The van der Waals surface area contributed by atoms with Crippen LogP contribution >= 0.6 is 0 Å². The molecule has 1 heterocycles. The molecule has 0 unspecified atom stereocenters. The summed E-state index contributed by atoms with van der Waals surface area (Å²) in [5, 5.41) is 0. The zero-order chi connectivity index (χ0) is 11.5. The van der Waals surface area contributed by atoms with E-state index in [0.29, 0.717) is 19.4 Å². The Morgan fingerprint density at radius 2 is 2.31 bits per heavy atom. The van der Waals surface area contributed by atoms with Crippen LogP contribution in [0.15, 0.2) is 10.9 Å². The van der Waals surface area contributed by atoms with E-state index in [4.69, 9.17) is 4.74 Å². The summed E-state index contributed by atoms with van der Waals surface area (Å²) in [7, 11) is 1.61. The Kier molecular flexibility index (Phi) is 3.19. The second kappa shape index (κ2) is 4.61. The second-order valence-electron chi connectivity index (χ2n) is 3.99. The smallest absolute Gasteiger partial charge is 0.261 e. The average molecular weight is 221 g/mol. The third-order valence-electron chi connectivity index (χ3n) is 3.02. The van der Waals surface area contributed by atoms with Crippen LogP contribution in [0.3, 0.4) is 0 Å². The highest BCUT2D eigenvalue weighted by Crippen LogP contribution is 2.20. The van der Waals surface area contributed by atoms with E-state index in [2.05, 4.69) is 0 Å². The van der Waals surface area contributed by atoms with Crippen molar-refractivity contribution in [2.75, 3.05) is 13.7 Å². The van der Waals surface area contributed by atoms with Crippen LogP contribution < -0.4 is 5.56 Å². The minimum Gasteiger partial charge on any atom is -0.383 e. The summed E-state index contributed by atoms with van der Waals surface area (Å²) in [5.74, 6) is 0. The number of aryl methyl sites for hydroxylation is 1. The molecule has 0 saturated carbocycles. The fourth-order valence-electron chi connectivity index (χ4n) is 2.25. The van der Waals surface area contributed by atoms with Crippen molar-refractivity contribution in [2.24, 2.45) is 0 Å². The van der Waals surface area contributed by atoms with Crippen LogP contribution in [0.1, 0.15) is 28.0 Å². The van der Waals surface area contributed by atoms with Crippen LogP contribution in [-0.2, 0) is 24.1 Å². The zero-order valence-corrected chi connectivity index (χ0v) is 9.36. The van der Waals surface area contributed by atoms with Gasteiger partial charge in [-0.1, -0.05) is 0 Å². The first-order chi connectivity index (χ1) is 7.77. The number of aromatic nitrogens is 1. The van der Waals surface area contributed by atoms with Crippen LogP contribution in [0.2, 0.25) is 0 Å². The summed E-state index contributed by atoms with van der Waals surface area (Å²) in [4.78, 5) is 22.8. The molecule has 0 N–H and O–H groups in total. The summed E-state index contributed by atoms with van der Waals surface area (Å²) in [6.45, 7) is 1.02. The zero-order valence-electron chi connectivity index (χ0n) is 9.36. The lowest BCUT2D eigenvalue weighted by Gasteiger charge is -2.12. The van der Waals surface area contributed by atoms with Crippen molar-refractivity contribution in [2.45, 2.75) is 25.8 Å². The molecular weight excluding hydrogens is 206 g/mol. The number of hydrogen-bond acceptors (Lipinski definition) is 3. The van der Waals surface area contributed by atoms with Crippen molar-refractivity contribution in [1.29, 1.82) is 0 Å². The van der Waals surface area contributed by atoms with Gasteiger partial charge in [-0.15, -0.1) is 0 Å². The molecule has 1 aliphatic carbocycles. The second-order valence-corrected chi connectivity index (χ2v) is 3.99. The van der Waals surface area contributed by atoms with Crippen molar-refractivity contribution in [3.63, 3.8) is 0 Å². The SMILES string of the molecule is COCCn1c2c(cc(C=O)c1=O)CCC2. The third-order valence-corrected chi connectivity index (χ3v) is 3.02. The van der Waals surface area contributed by atoms with Gasteiger partial charge in [0, 0.05) is 19.3 Å². The van der Waals surface area contributed by atoms with Crippen LogP contribution in [0.4, 0.5) is 0 Å². The number of carbonyl (C=O) groups is 1. The molecule has 0 amide bonds. The molecule has 4 heteroatoms. The molecule has 1 aromatic heterocycles. The van der Waals surface area contributed by atoms with Crippen molar-refractivity contribution in [3.8, 4) is 0 Å². The first-order valence-electron chi connectivity index (χ1n) is 5.47. The predicted molar refractivity (Wildman–Crippen MR) is 60.0 cm³/mol. The van der Waals surface area contributed by atoms with Crippen LogP contribution in [0, 0.1) is 0 Å². The van der Waals surface area contributed by atoms with Crippen molar-refractivity contribution < 1.29 is 9.53 Å². The molecule has 0 aliphatic heterocycles. The number of ether oxygens (including phenoxy) is 1. The standard InChI is InChI=1S/C12H15NO3/c1-16-6-5-13-11-4-2-3-9(11)7-10(8-14)12(13)15/h7-8H,2-6H2,1H3. The Hall–Kier alpha value is -1.42. The maximum atomic E-state index is 11.9. The first kappa shape index (κ1) is 11.1. The quantitative estimate of drug-likeness (QED) is 0.706. The lowest BCUT2D eigenvalue weighted by atomic mass is 10.1. The van der Waals surface area contributed by atoms with Gasteiger partial charge < -0.3 is 9.30 Å². The number of methoxy groups -OCH3 is 1. The fraction of sp³-hybridized carbons (Fsp3) is 0.500. The monoisotopic (exact) mass is 221 g/mol. The Morgan fingerprint density at radius 3 is 3.00 bits per heavy atom. The summed E-state index contributed by atoms with van der Waals surface area (Å²) in [6, 6.07) is 1.74. The number of fused-ring (bicyclic) bond motifs is 1. The number of aldehydes is 1. The van der Waals surface area contributed by atoms with Gasteiger partial charge in [-0.05, 0) is 30.9 Å². The van der Waals surface area contributed by atoms with Gasteiger partial charge in [-0.3, -0.25) is 9.59 Å². The van der Waals surface area contributed by atoms with Gasteiger partial charge in [0.2, 0.25) is 0 Å². The van der Waals surface area contributed by atoms with Gasteiger partial charge in [0.1, 0.15) is 0 Å². The molecule has 0 atom stereocenters. The summed E-state index contributed by atoms with van der Waals surface area (Å²) >= 11 is 0. The summed E-state index contributed by atoms with van der Waals surface area (Å²) < 4.78 is 6.68. The Bertz CT molecular complexity index is 462. The molecule has 0 aromatic carbocycles. The van der Waals surface area contributed by atoms with Crippen LogP contribution in [0.25, 0.3) is 0 Å². The first-order valence-corrected chi connectivity index (χ1v) is 5.47. The van der Waals surface area contributed by atoms with E-state index in [1.807, 2.05) is 0 Å². The highest BCUT2D eigenvalue weighted by Gasteiger charge is 2.18. The normalized spacial score (nSPS) is 13.8. The highest BCUT2D eigenvalue weighted by molar-refractivity contribution is 5.74. The molecule has 1 aromatic rings. The summed E-state index contributed by atoms with van der Waals surface area (Å²) in [6.07, 6.45) is 3.59. The van der Waals surface area contributed by atoms with Crippen molar-refractivity contribution in [3.05, 3.63) is 33.2 Å². The molecule has 2 rings (SSSR count). The lowest BCUT2D eigenvalue weighted by molar-refractivity contribution is 0.112. The molecule has 0 saturated heterocycles. The van der Waals surface area contributed by atoms with Gasteiger partial charge >= 0.3 is 0 Å². The number of nitrogens with zero attached hydrogens (tertiary/aromatic N) is 1. The van der Waals surface area contributed by atoms with E-state index in [-0.39, 0.29) is 11.1 Å². The van der Waals surface area contributed by atoms with Crippen LogP contribution in [0.5, 0.6) is 0 Å². The minimum atomic E-state index is -0.187. The number of rotatable bonds is 4. The largest absolute Gasteiger partial charge is 0.383 e. The highest BCUT2D eigenvalue weighted by atomic mass is 16.5. The number of carbonyl (C=O) groups excluding carboxylic acids is 1. The molecule has 86 valence electrons. The van der Waals surface area contributed by atoms with Gasteiger partial charge in [0.15, 0.2) is 6.29 Å². The number of hydrogen-bond donors (Lipinski definition) is 0. The molecule has 0 spiro atoms. The minimum absolute atomic E-state index is 0.187. The van der Waals surface area contributed by atoms with E-state index in [9.17, 15) is 9.59 Å². The van der Waals surface area contributed by atoms with E-state index in [1.54, 1.807) is 17.7 Å². The molecule has 0 radical (unpaired) electrons. The Morgan fingerprint density at radius 1 is 1.50 bits per heavy atom. The maximum absolute atomic E-state index is 11.9. The summed E-state index contributed by atoms with van der Waals surface area (Å²) in [5.41, 5.74) is 2.29. The third kappa shape index (κ3) is 1.80. The van der Waals surface area contributed by atoms with Gasteiger partial charge in [-0.2, -0.15) is 0 Å². The topological polar surface area (TPSA) is 48.3 Å². The van der Waals surface area contributed by atoms with Gasteiger partial charge in [-0.25, -0.2) is 0 Å². The van der Waals surface area contributed by atoms with E-state index < -0.39 is 0 Å². The van der Waals surface area contributed by atoms with Crippen LogP contribution in [-0.4, -0.2) is 24.6 Å². The van der Waals surface area contributed by atoms with E-state index >= 15 is 0 Å². The molecular formula is C12H15NO3. The average Bonchev–Trinajstić information content (AvgIpc) is 2.75. The Balaban J connectivity index is 2.51. The molecule has 16 heavy (non-hydrogen) atoms. The van der Waals surface area contributed by atoms with Gasteiger partial charge in [0.25, 0.3) is 5.56 Å². The fourth-order valence-corrected chi connectivity index (χ4v) is 2.25. The van der Waals surface area contributed by atoms with E-state index in [0.717, 1.165) is 30.5 Å². The maximum Gasteiger partial charge on any atom is 0.261 e. The van der Waals surface area contributed by atoms with Crippen molar-refractivity contribution in [1.82, 2.24) is 4.57 Å². The Labute approximate surface area is 93.8 Å².